The summed E-state index contributed by atoms with van der Waals surface area (Å²) < 4.78 is 1.61. The zero-order chi connectivity index (χ0) is 10.8. The van der Waals surface area contributed by atoms with Gasteiger partial charge in [0, 0.05) is 6.20 Å². The minimum absolute atomic E-state index is 0.00511. The molecule has 0 fully saturated rings. The van der Waals surface area contributed by atoms with E-state index in [0.717, 1.165) is 5.56 Å². The monoisotopic (exact) mass is 241 g/mol. The van der Waals surface area contributed by atoms with E-state index in [1.165, 1.54) is 0 Å². The van der Waals surface area contributed by atoms with Crippen LogP contribution < -0.4 is 0 Å². The Hall–Kier alpha value is -1.12. The summed E-state index contributed by atoms with van der Waals surface area (Å²) in [5, 5.41) is 10.2. The Labute approximate surface area is 97.7 Å². The molecule has 1 N–H and O–H groups in total. The summed E-state index contributed by atoms with van der Waals surface area (Å²) >= 11 is 11.5. The molecule has 0 aliphatic rings. The third-order valence-corrected chi connectivity index (χ3v) is 2.90. The topological polar surface area (TPSA) is 25.2 Å². The van der Waals surface area contributed by atoms with Crippen molar-refractivity contribution in [3.05, 3.63) is 52.1 Å². The Morgan fingerprint density at radius 1 is 1.13 bits per heavy atom. The first-order valence-corrected chi connectivity index (χ1v) is 5.21. The van der Waals surface area contributed by atoms with Gasteiger partial charge in [-0.25, -0.2) is 0 Å². The van der Waals surface area contributed by atoms with Crippen LogP contribution in [0.1, 0.15) is 5.56 Å². The van der Waals surface area contributed by atoms with E-state index >= 15 is 0 Å². The molecule has 1 aromatic carbocycles. The third-order valence-electron chi connectivity index (χ3n) is 2.14. The number of halogens is 2. The normalized spacial score (nSPS) is 10.5. The minimum Gasteiger partial charge on any atom is -0.493 e. The SMILES string of the molecule is Oc1c(Cl)c(Cl)cn1Cc1ccccc1. The highest BCUT2D eigenvalue weighted by atomic mass is 35.5. The lowest BCUT2D eigenvalue weighted by Crippen LogP contribution is -1.96. The highest BCUT2D eigenvalue weighted by Crippen LogP contribution is 2.33. The first kappa shape index (κ1) is 10.4. The van der Waals surface area contributed by atoms with Crippen molar-refractivity contribution in [3.8, 4) is 5.88 Å². The number of hydrogen-bond donors (Lipinski definition) is 1. The van der Waals surface area contributed by atoms with Crippen molar-refractivity contribution in [3.63, 3.8) is 0 Å². The Balaban J connectivity index is 2.29. The first-order valence-electron chi connectivity index (χ1n) is 4.45. The summed E-state index contributed by atoms with van der Waals surface area (Å²) in [6.45, 7) is 0.555. The van der Waals surface area contributed by atoms with Crippen LogP contribution in [0, 0.1) is 0 Å². The molecule has 0 amide bonds. The molecule has 0 spiro atoms. The first-order chi connectivity index (χ1) is 7.18. The van der Waals surface area contributed by atoms with Gasteiger partial charge in [0.25, 0.3) is 0 Å². The molecule has 2 nitrogen and oxygen atoms in total. The number of benzene rings is 1. The Morgan fingerprint density at radius 3 is 2.33 bits per heavy atom. The third kappa shape index (κ3) is 2.11. The predicted molar refractivity (Wildman–Crippen MR) is 61.7 cm³/mol. The highest BCUT2D eigenvalue weighted by Gasteiger charge is 2.11. The molecular formula is C11H9Cl2NO. The lowest BCUT2D eigenvalue weighted by Gasteiger charge is -2.04. The quantitative estimate of drug-likeness (QED) is 0.855. The molecule has 2 rings (SSSR count). The van der Waals surface area contributed by atoms with Crippen molar-refractivity contribution < 1.29 is 5.11 Å². The molecule has 0 saturated carbocycles. The van der Waals surface area contributed by atoms with Gasteiger partial charge in [0.1, 0.15) is 5.02 Å². The lowest BCUT2D eigenvalue weighted by molar-refractivity contribution is 0.425. The molecule has 0 saturated heterocycles. The summed E-state index contributed by atoms with van der Waals surface area (Å²) in [6.07, 6.45) is 1.62. The second-order valence-electron chi connectivity index (χ2n) is 3.23. The fourth-order valence-electron chi connectivity index (χ4n) is 1.39. The van der Waals surface area contributed by atoms with Gasteiger partial charge in [-0.1, -0.05) is 53.5 Å². The molecule has 0 bridgehead atoms. The van der Waals surface area contributed by atoms with Crippen LogP contribution >= 0.6 is 23.2 Å². The summed E-state index contributed by atoms with van der Waals surface area (Å²) in [5.41, 5.74) is 1.08. The molecule has 0 atom stereocenters. The van der Waals surface area contributed by atoms with Crippen molar-refractivity contribution >= 4 is 23.2 Å². The van der Waals surface area contributed by atoms with Gasteiger partial charge in [-0.2, -0.15) is 0 Å². The number of aromatic hydroxyl groups is 1. The molecule has 1 heterocycles. The van der Waals surface area contributed by atoms with Gasteiger partial charge in [-0.05, 0) is 5.56 Å². The number of aromatic nitrogens is 1. The molecule has 0 aliphatic carbocycles. The Morgan fingerprint density at radius 2 is 1.80 bits per heavy atom. The van der Waals surface area contributed by atoms with E-state index in [2.05, 4.69) is 0 Å². The van der Waals surface area contributed by atoms with Gasteiger partial charge in [0.2, 0.25) is 5.88 Å². The molecule has 0 aliphatic heterocycles. The van der Waals surface area contributed by atoms with Crippen molar-refractivity contribution in [1.29, 1.82) is 0 Å². The molecular weight excluding hydrogens is 233 g/mol. The van der Waals surface area contributed by atoms with Gasteiger partial charge in [-0.15, -0.1) is 0 Å². The minimum atomic E-state index is 0.00511. The second kappa shape index (κ2) is 4.17. The van der Waals surface area contributed by atoms with Crippen LogP contribution in [-0.4, -0.2) is 9.67 Å². The molecule has 2 aromatic rings. The molecule has 1 aromatic heterocycles. The molecule has 0 radical (unpaired) electrons. The van der Waals surface area contributed by atoms with Crippen LogP contribution in [0.15, 0.2) is 36.5 Å². The molecule has 15 heavy (non-hydrogen) atoms. The standard InChI is InChI=1S/C11H9Cl2NO/c12-9-7-14(11(15)10(9)13)6-8-4-2-1-3-5-8/h1-5,7,15H,6H2. The average molecular weight is 242 g/mol. The van der Waals surface area contributed by atoms with Crippen LogP contribution in [0.3, 0.4) is 0 Å². The predicted octanol–water partition coefficient (Wildman–Crippen LogP) is 3.55. The Kier molecular flexibility index (Phi) is 2.89. The summed E-state index contributed by atoms with van der Waals surface area (Å²) in [7, 11) is 0. The maximum atomic E-state index is 9.63. The van der Waals surface area contributed by atoms with E-state index in [1.807, 2.05) is 30.3 Å². The molecule has 0 unspecified atom stereocenters. The molecule has 78 valence electrons. The van der Waals surface area contributed by atoms with E-state index in [4.69, 9.17) is 23.2 Å². The fraction of sp³-hybridized carbons (Fsp3) is 0.0909. The van der Waals surface area contributed by atoms with Crippen molar-refractivity contribution in [2.24, 2.45) is 0 Å². The number of rotatable bonds is 2. The van der Waals surface area contributed by atoms with E-state index in [9.17, 15) is 5.11 Å². The highest BCUT2D eigenvalue weighted by molar-refractivity contribution is 6.42. The fourth-order valence-corrected chi connectivity index (χ4v) is 1.75. The summed E-state index contributed by atoms with van der Waals surface area (Å²) in [5.74, 6) is 0.00511. The van der Waals surface area contributed by atoms with E-state index in [1.54, 1.807) is 10.8 Å². The number of nitrogens with zero attached hydrogens (tertiary/aromatic N) is 1. The lowest BCUT2D eigenvalue weighted by atomic mass is 10.2. The van der Waals surface area contributed by atoms with E-state index in [-0.39, 0.29) is 10.9 Å². The smallest absolute Gasteiger partial charge is 0.212 e. The second-order valence-corrected chi connectivity index (χ2v) is 4.01. The summed E-state index contributed by atoms with van der Waals surface area (Å²) in [4.78, 5) is 0. The number of hydrogen-bond acceptors (Lipinski definition) is 1. The Bertz CT molecular complexity index is 465. The van der Waals surface area contributed by atoms with Crippen LogP contribution in [0.5, 0.6) is 5.88 Å². The zero-order valence-corrected chi connectivity index (χ0v) is 9.33. The zero-order valence-electron chi connectivity index (χ0n) is 7.82. The largest absolute Gasteiger partial charge is 0.493 e. The van der Waals surface area contributed by atoms with Crippen molar-refractivity contribution in [1.82, 2.24) is 4.57 Å². The van der Waals surface area contributed by atoms with Crippen LogP contribution in [0.25, 0.3) is 0 Å². The molecule has 4 heteroatoms. The van der Waals surface area contributed by atoms with Gasteiger partial charge >= 0.3 is 0 Å². The maximum absolute atomic E-state index is 9.63. The van der Waals surface area contributed by atoms with E-state index in [0.29, 0.717) is 11.6 Å². The van der Waals surface area contributed by atoms with Gasteiger partial charge < -0.3 is 9.67 Å². The van der Waals surface area contributed by atoms with Crippen LogP contribution in [-0.2, 0) is 6.54 Å². The average Bonchev–Trinajstić information content (AvgIpc) is 2.48. The van der Waals surface area contributed by atoms with Gasteiger partial charge in [0.05, 0.1) is 11.6 Å². The van der Waals surface area contributed by atoms with Gasteiger partial charge in [-0.3, -0.25) is 0 Å². The summed E-state index contributed by atoms with van der Waals surface area (Å²) in [6, 6.07) is 9.78. The van der Waals surface area contributed by atoms with E-state index < -0.39 is 0 Å². The van der Waals surface area contributed by atoms with Crippen LogP contribution in [0.2, 0.25) is 10.0 Å². The van der Waals surface area contributed by atoms with Crippen molar-refractivity contribution in [2.45, 2.75) is 6.54 Å². The van der Waals surface area contributed by atoms with Crippen molar-refractivity contribution in [2.75, 3.05) is 0 Å². The van der Waals surface area contributed by atoms with Crippen LogP contribution in [0.4, 0.5) is 0 Å². The van der Waals surface area contributed by atoms with Gasteiger partial charge in [0.15, 0.2) is 0 Å². The maximum Gasteiger partial charge on any atom is 0.212 e.